The van der Waals surface area contributed by atoms with E-state index in [4.69, 9.17) is 5.73 Å². The molecule has 0 aromatic heterocycles. The summed E-state index contributed by atoms with van der Waals surface area (Å²) in [6.45, 7) is 0. The number of carboxylic acid groups (broad SMARTS) is 1. The van der Waals surface area contributed by atoms with E-state index in [1.807, 2.05) is 72.8 Å². The summed E-state index contributed by atoms with van der Waals surface area (Å²) in [7, 11) is 0. The van der Waals surface area contributed by atoms with Crippen LogP contribution in [0.4, 0.5) is 0 Å². The highest BCUT2D eigenvalue weighted by Crippen LogP contribution is 2.14. The van der Waals surface area contributed by atoms with Crippen molar-refractivity contribution in [2.45, 2.75) is 87.2 Å². The number of hydrogen-bond acceptors (Lipinski definition) is 8. The molecule has 0 fully saturated rings. The zero-order chi connectivity index (χ0) is 55.1. The molecule has 0 aliphatic heterocycles. The number of nitrogens with one attached hydrogen (secondary N) is 6. The molecule has 0 saturated heterocycles. The predicted octanol–water partition coefficient (Wildman–Crippen LogP) is 5.01. The average molecular weight is 1050 g/mol. The Bertz CT molecular complexity index is 3030. The molecule has 0 heterocycles. The fraction of sp³-hybridized carbons (Fsp3) is 0.222. The first-order valence-electron chi connectivity index (χ1n) is 25.9. The van der Waals surface area contributed by atoms with Gasteiger partial charge in [-0.1, -0.05) is 212 Å². The van der Waals surface area contributed by atoms with Crippen molar-refractivity contribution in [2.24, 2.45) is 5.73 Å². The van der Waals surface area contributed by atoms with Gasteiger partial charge in [0.25, 0.3) is 0 Å². The molecule has 0 aliphatic carbocycles. The summed E-state index contributed by atoms with van der Waals surface area (Å²) in [5.74, 6) is -5.45. The molecule has 0 saturated carbocycles. The van der Waals surface area contributed by atoms with Gasteiger partial charge in [0.15, 0.2) is 0 Å². The molecule has 7 aromatic carbocycles. The Morgan fingerprint density at radius 1 is 0.269 bits per heavy atom. The second-order valence-corrected chi connectivity index (χ2v) is 19.1. The fourth-order valence-electron chi connectivity index (χ4n) is 8.95. The van der Waals surface area contributed by atoms with Crippen LogP contribution in [0.15, 0.2) is 212 Å². The van der Waals surface area contributed by atoms with Crippen molar-refractivity contribution in [1.82, 2.24) is 31.9 Å². The van der Waals surface area contributed by atoms with Gasteiger partial charge in [0.2, 0.25) is 35.4 Å². The van der Waals surface area contributed by atoms with Crippen LogP contribution >= 0.6 is 0 Å². The van der Waals surface area contributed by atoms with Crippen LogP contribution < -0.4 is 37.6 Å². The summed E-state index contributed by atoms with van der Waals surface area (Å²) in [5, 5.41) is 27.2. The van der Waals surface area contributed by atoms with E-state index < -0.39 is 83.7 Å². The van der Waals surface area contributed by atoms with Crippen LogP contribution in [-0.2, 0) is 78.5 Å². The largest absolute Gasteiger partial charge is 0.480 e. The quantitative estimate of drug-likeness (QED) is 0.0345. The van der Waals surface area contributed by atoms with E-state index in [0.29, 0.717) is 27.8 Å². The number of aliphatic carboxylic acids is 1. The summed E-state index contributed by atoms with van der Waals surface area (Å²) >= 11 is 0. The Balaban J connectivity index is 1.15. The van der Waals surface area contributed by atoms with Crippen LogP contribution in [0.2, 0.25) is 0 Å². The molecule has 78 heavy (non-hydrogen) atoms. The number of hydrogen-bond donors (Lipinski definition) is 8. The molecule has 0 aliphatic rings. The molecule has 15 nitrogen and oxygen atoms in total. The van der Waals surface area contributed by atoms with Gasteiger partial charge in [-0.15, -0.1) is 0 Å². The van der Waals surface area contributed by atoms with Crippen molar-refractivity contribution in [3.05, 3.63) is 251 Å². The summed E-state index contributed by atoms with van der Waals surface area (Å²) in [5.41, 5.74) is 11.4. The Morgan fingerprint density at radius 2 is 0.436 bits per heavy atom. The minimum atomic E-state index is -1.33. The molecule has 7 rings (SSSR count). The van der Waals surface area contributed by atoms with Crippen LogP contribution in [0.25, 0.3) is 0 Å². The molecule has 0 bridgehead atoms. The number of amides is 6. The molecule has 0 radical (unpaired) electrons. The van der Waals surface area contributed by atoms with Crippen molar-refractivity contribution in [3.63, 3.8) is 0 Å². The number of rotatable bonds is 27. The van der Waals surface area contributed by atoms with Gasteiger partial charge in [0, 0.05) is 38.5 Å². The zero-order valence-corrected chi connectivity index (χ0v) is 43.1. The predicted molar refractivity (Wildman–Crippen MR) is 298 cm³/mol. The summed E-state index contributed by atoms with van der Waals surface area (Å²) in [6.07, 6.45) is 0.187. The van der Waals surface area contributed by atoms with Gasteiger partial charge >= 0.3 is 5.97 Å². The maximum absolute atomic E-state index is 14.9. The van der Waals surface area contributed by atoms with Crippen molar-refractivity contribution >= 4 is 41.4 Å². The zero-order valence-electron chi connectivity index (χ0n) is 43.1. The average Bonchev–Trinajstić information content (AvgIpc) is 3.46. The molecule has 6 amide bonds. The maximum atomic E-state index is 14.9. The normalized spacial score (nSPS) is 13.6. The first-order chi connectivity index (χ1) is 37.9. The highest BCUT2D eigenvalue weighted by atomic mass is 16.4. The lowest BCUT2D eigenvalue weighted by atomic mass is 9.99. The molecule has 7 aromatic rings. The van der Waals surface area contributed by atoms with E-state index >= 15 is 0 Å². The van der Waals surface area contributed by atoms with Crippen molar-refractivity contribution in [1.29, 1.82) is 0 Å². The van der Waals surface area contributed by atoms with Gasteiger partial charge in [-0.2, -0.15) is 0 Å². The molecular formula is C63H65N7O8. The monoisotopic (exact) mass is 1050 g/mol. The lowest BCUT2D eigenvalue weighted by Crippen LogP contribution is -2.61. The standard InChI is InChI=1S/C63H65N7O8/c64-50(36-43-22-8-1-9-23-43)57(71)65-51(37-44-24-10-2-11-25-44)58(72)66-52(38-45-26-12-3-13-27-45)59(73)67-53(39-46-28-14-4-15-29-46)60(74)68-54(40-47-30-16-5-17-31-47)61(75)69-55(41-48-32-18-6-19-33-48)62(76)70-56(63(77)78)42-49-34-20-7-21-35-49/h1-35,50-56H,36-42,64H2,(H,65,71)(H,66,72)(H,67,73)(H,68,74)(H,69,75)(H,70,76)(H,77,78)/t50-,51-,52-,53-,54-,55-,56-/m0/s1. The molecule has 15 heteroatoms. The Labute approximate surface area is 454 Å². The van der Waals surface area contributed by atoms with E-state index in [1.165, 1.54) is 0 Å². The Hall–Kier alpha value is -9.21. The van der Waals surface area contributed by atoms with Crippen LogP contribution in [-0.4, -0.2) is 88.8 Å². The molecular weight excluding hydrogens is 983 g/mol. The minimum absolute atomic E-state index is 0.00436. The first kappa shape index (κ1) is 56.5. The topological polar surface area (TPSA) is 238 Å². The van der Waals surface area contributed by atoms with Crippen LogP contribution in [0.3, 0.4) is 0 Å². The summed E-state index contributed by atoms with van der Waals surface area (Å²) < 4.78 is 0. The summed E-state index contributed by atoms with van der Waals surface area (Å²) in [4.78, 5) is 99.5. The summed E-state index contributed by atoms with van der Waals surface area (Å²) in [6, 6.07) is 54.4. The Kier molecular flexibility index (Phi) is 21.1. The van der Waals surface area contributed by atoms with Gasteiger partial charge in [-0.25, -0.2) is 4.79 Å². The van der Waals surface area contributed by atoms with Gasteiger partial charge in [0.1, 0.15) is 36.3 Å². The second kappa shape index (κ2) is 29.2. The van der Waals surface area contributed by atoms with Crippen LogP contribution in [0.5, 0.6) is 0 Å². The van der Waals surface area contributed by atoms with Crippen molar-refractivity contribution in [3.8, 4) is 0 Å². The minimum Gasteiger partial charge on any atom is -0.480 e. The molecule has 400 valence electrons. The Morgan fingerprint density at radius 3 is 0.641 bits per heavy atom. The third-order valence-electron chi connectivity index (χ3n) is 13.1. The van der Waals surface area contributed by atoms with E-state index in [9.17, 15) is 38.7 Å². The fourth-order valence-corrected chi connectivity index (χ4v) is 8.95. The van der Waals surface area contributed by atoms with Crippen molar-refractivity contribution in [2.75, 3.05) is 0 Å². The van der Waals surface area contributed by atoms with E-state index in [-0.39, 0.29) is 44.9 Å². The molecule has 0 unspecified atom stereocenters. The number of carbonyl (C=O) groups is 7. The lowest BCUT2D eigenvalue weighted by molar-refractivity contribution is -0.142. The van der Waals surface area contributed by atoms with Gasteiger partial charge in [0.05, 0.1) is 6.04 Å². The van der Waals surface area contributed by atoms with E-state index in [0.717, 1.165) is 11.1 Å². The molecule has 7 atom stereocenters. The third kappa shape index (κ3) is 18.0. The number of carboxylic acids is 1. The maximum Gasteiger partial charge on any atom is 0.326 e. The SMILES string of the molecule is N[C@@H](Cc1ccccc1)C(=O)N[C@@H](Cc1ccccc1)C(=O)N[C@@H](Cc1ccccc1)C(=O)N[C@@H](Cc1ccccc1)C(=O)N[C@@H](Cc1ccccc1)C(=O)N[C@@H](Cc1ccccc1)C(=O)N[C@@H](Cc1ccccc1)C(=O)O. The lowest BCUT2D eigenvalue weighted by Gasteiger charge is -2.28. The smallest absolute Gasteiger partial charge is 0.326 e. The highest BCUT2D eigenvalue weighted by molar-refractivity contribution is 5.97. The van der Waals surface area contributed by atoms with E-state index in [2.05, 4.69) is 31.9 Å². The van der Waals surface area contributed by atoms with Crippen LogP contribution in [0.1, 0.15) is 38.9 Å². The third-order valence-corrected chi connectivity index (χ3v) is 13.1. The van der Waals surface area contributed by atoms with Crippen LogP contribution in [0, 0.1) is 0 Å². The molecule has 0 spiro atoms. The number of benzene rings is 7. The molecule has 9 N–H and O–H groups in total. The number of carbonyl (C=O) groups excluding carboxylic acids is 6. The van der Waals surface area contributed by atoms with E-state index in [1.54, 1.807) is 140 Å². The van der Waals surface area contributed by atoms with Gasteiger partial charge < -0.3 is 42.7 Å². The van der Waals surface area contributed by atoms with Gasteiger partial charge in [-0.3, -0.25) is 28.8 Å². The highest BCUT2D eigenvalue weighted by Gasteiger charge is 2.35. The first-order valence-corrected chi connectivity index (χ1v) is 25.9. The van der Waals surface area contributed by atoms with Gasteiger partial charge in [-0.05, 0) is 45.4 Å². The second-order valence-electron chi connectivity index (χ2n) is 19.1. The number of nitrogens with two attached hydrogens (primary N) is 1. The van der Waals surface area contributed by atoms with Crippen molar-refractivity contribution < 1.29 is 38.7 Å².